The van der Waals surface area contributed by atoms with E-state index >= 15 is 0 Å². The van der Waals surface area contributed by atoms with Crippen molar-refractivity contribution in [1.82, 2.24) is 0 Å². The van der Waals surface area contributed by atoms with E-state index in [-0.39, 0.29) is 24.0 Å². The summed E-state index contributed by atoms with van der Waals surface area (Å²) >= 11 is 0. The number of halogens is 1. The third-order valence-corrected chi connectivity index (χ3v) is 2.72. The average molecular weight is 239 g/mol. The third kappa shape index (κ3) is 1.58. The zero-order chi connectivity index (χ0) is 5.40. The fourth-order valence-electron chi connectivity index (χ4n) is 2.03. The van der Waals surface area contributed by atoms with Crippen molar-refractivity contribution in [3.8, 4) is 0 Å². The standard InChI is InChI=1S/C7H13N.HI/c1-4-8-5-2-7(1)3-6-8;/h7H,1-6H2;1H. The van der Waals surface area contributed by atoms with Gasteiger partial charge in [0.2, 0.25) is 0 Å². The van der Waals surface area contributed by atoms with E-state index in [0.29, 0.717) is 0 Å². The maximum atomic E-state index is 1.87. The Labute approximate surface area is 73.8 Å². The maximum Gasteiger partial charge on any atom is 0.0773 e. The molecule has 54 valence electrons. The first-order chi connectivity index (χ1) is 3.95. The molecule has 3 saturated heterocycles. The molecule has 3 fully saturated rings. The summed E-state index contributed by atoms with van der Waals surface area (Å²) < 4.78 is 0. The second-order valence-electron chi connectivity index (χ2n) is 3.23. The van der Waals surface area contributed by atoms with Gasteiger partial charge in [0.25, 0.3) is 0 Å². The fraction of sp³-hybridized carbons (Fsp3) is 1.00. The number of hydrogen-bond acceptors (Lipinski definition) is 0. The fourth-order valence-corrected chi connectivity index (χ4v) is 2.03. The third-order valence-electron chi connectivity index (χ3n) is 2.72. The molecule has 0 amide bonds. The molecule has 0 atom stereocenters. The highest BCUT2D eigenvalue weighted by molar-refractivity contribution is 4.66. The largest absolute Gasteiger partial charge is 1.00 e. The van der Waals surface area contributed by atoms with E-state index in [0.717, 1.165) is 5.92 Å². The second-order valence-corrected chi connectivity index (χ2v) is 3.23. The molecule has 9 heavy (non-hydrogen) atoms. The van der Waals surface area contributed by atoms with Gasteiger partial charge in [-0.1, -0.05) is 0 Å². The molecule has 0 aromatic heterocycles. The first kappa shape index (κ1) is 7.79. The van der Waals surface area contributed by atoms with Crippen molar-refractivity contribution in [3.63, 3.8) is 0 Å². The molecule has 3 rings (SSSR count). The molecule has 1 nitrogen and oxygen atoms in total. The Balaban J connectivity index is 0.000000405. The van der Waals surface area contributed by atoms with E-state index in [4.69, 9.17) is 0 Å². The molecule has 0 radical (unpaired) electrons. The SMILES string of the molecule is C1C[NH+]2CCC1CC2.[I-]. The van der Waals surface area contributed by atoms with E-state index in [2.05, 4.69) is 0 Å². The Hall–Kier alpha value is 0.690. The monoisotopic (exact) mass is 239 g/mol. The van der Waals surface area contributed by atoms with Gasteiger partial charge in [-0.3, -0.25) is 0 Å². The molecule has 2 heteroatoms. The van der Waals surface area contributed by atoms with Crippen molar-refractivity contribution in [2.75, 3.05) is 19.6 Å². The highest BCUT2D eigenvalue weighted by Gasteiger charge is 2.27. The predicted molar refractivity (Wildman–Crippen MR) is 32.9 cm³/mol. The van der Waals surface area contributed by atoms with Gasteiger partial charge in [-0.2, -0.15) is 0 Å². The smallest absolute Gasteiger partial charge is 0.0773 e. The van der Waals surface area contributed by atoms with Crippen molar-refractivity contribution < 1.29 is 28.9 Å². The second kappa shape index (κ2) is 3.19. The number of piperidine rings is 3. The zero-order valence-electron chi connectivity index (χ0n) is 5.70. The molecule has 3 aliphatic rings. The van der Waals surface area contributed by atoms with E-state index in [9.17, 15) is 0 Å². The summed E-state index contributed by atoms with van der Waals surface area (Å²) in [5.74, 6) is 1.13. The van der Waals surface area contributed by atoms with E-state index in [1.54, 1.807) is 0 Å². The molecule has 3 heterocycles. The van der Waals surface area contributed by atoms with Crippen LogP contribution in [0.15, 0.2) is 0 Å². The van der Waals surface area contributed by atoms with Crippen LogP contribution >= 0.6 is 0 Å². The van der Waals surface area contributed by atoms with Gasteiger partial charge in [0.15, 0.2) is 0 Å². The summed E-state index contributed by atoms with van der Waals surface area (Å²) in [5, 5.41) is 0. The highest BCUT2D eigenvalue weighted by Crippen LogP contribution is 2.16. The lowest BCUT2D eigenvalue weighted by molar-refractivity contribution is -0.916. The highest BCUT2D eigenvalue weighted by atomic mass is 127. The van der Waals surface area contributed by atoms with Crippen molar-refractivity contribution in [3.05, 3.63) is 0 Å². The van der Waals surface area contributed by atoms with Gasteiger partial charge in [0.05, 0.1) is 19.6 Å². The lowest BCUT2D eigenvalue weighted by Crippen LogP contribution is -3.14. The molecule has 0 saturated carbocycles. The molecule has 3 aliphatic heterocycles. The van der Waals surface area contributed by atoms with Crippen molar-refractivity contribution in [1.29, 1.82) is 0 Å². The quantitative estimate of drug-likeness (QED) is 0.422. The van der Waals surface area contributed by atoms with Gasteiger partial charge < -0.3 is 28.9 Å². The summed E-state index contributed by atoms with van der Waals surface area (Å²) in [6.07, 6.45) is 4.57. The first-order valence-corrected chi connectivity index (χ1v) is 3.79. The van der Waals surface area contributed by atoms with Crippen LogP contribution in [0.25, 0.3) is 0 Å². The van der Waals surface area contributed by atoms with Gasteiger partial charge in [-0.25, -0.2) is 0 Å². The summed E-state index contributed by atoms with van der Waals surface area (Å²) in [4.78, 5) is 1.87. The summed E-state index contributed by atoms with van der Waals surface area (Å²) in [6, 6.07) is 0. The number of hydrogen-bond donors (Lipinski definition) is 1. The maximum absolute atomic E-state index is 1.87. The van der Waals surface area contributed by atoms with Crippen LogP contribution in [-0.4, -0.2) is 19.6 Å². The van der Waals surface area contributed by atoms with Crippen molar-refractivity contribution in [2.45, 2.75) is 19.3 Å². The lowest BCUT2D eigenvalue weighted by Gasteiger charge is -2.35. The van der Waals surface area contributed by atoms with Crippen LogP contribution in [0.3, 0.4) is 0 Å². The van der Waals surface area contributed by atoms with Crippen molar-refractivity contribution >= 4 is 0 Å². The van der Waals surface area contributed by atoms with Crippen LogP contribution in [0, 0.1) is 5.92 Å². The van der Waals surface area contributed by atoms with Gasteiger partial charge in [0, 0.05) is 0 Å². The zero-order valence-corrected chi connectivity index (χ0v) is 7.86. The normalized spacial score (nSPS) is 40.0. The number of rotatable bonds is 0. The molecule has 0 aromatic rings. The lowest BCUT2D eigenvalue weighted by atomic mass is 9.89. The summed E-state index contributed by atoms with van der Waals surface area (Å²) in [6.45, 7) is 4.43. The minimum Gasteiger partial charge on any atom is -1.00 e. The van der Waals surface area contributed by atoms with Gasteiger partial charge in [-0.15, -0.1) is 0 Å². The molecule has 2 bridgehead atoms. The number of fused-ring (bicyclic) bond motifs is 3. The molecule has 0 aromatic carbocycles. The van der Waals surface area contributed by atoms with E-state index < -0.39 is 0 Å². The van der Waals surface area contributed by atoms with E-state index in [1.165, 1.54) is 38.9 Å². The van der Waals surface area contributed by atoms with Crippen LogP contribution in [0.1, 0.15) is 19.3 Å². The van der Waals surface area contributed by atoms with Gasteiger partial charge in [0.1, 0.15) is 0 Å². The molecule has 0 aliphatic carbocycles. The van der Waals surface area contributed by atoms with Gasteiger partial charge in [-0.05, 0) is 25.2 Å². The number of nitrogens with one attached hydrogen (secondary N) is 1. The Kier molecular flexibility index (Phi) is 2.76. The van der Waals surface area contributed by atoms with Crippen LogP contribution in [-0.2, 0) is 0 Å². The summed E-state index contributed by atoms with van der Waals surface area (Å²) in [7, 11) is 0. The molecule has 0 spiro atoms. The van der Waals surface area contributed by atoms with Crippen molar-refractivity contribution in [2.24, 2.45) is 5.92 Å². The molecule has 1 N–H and O–H groups in total. The Morgan fingerprint density at radius 2 is 1.33 bits per heavy atom. The number of quaternary nitrogens is 1. The Morgan fingerprint density at radius 3 is 1.44 bits per heavy atom. The molecule has 0 unspecified atom stereocenters. The van der Waals surface area contributed by atoms with Gasteiger partial charge >= 0.3 is 0 Å². The molecular weight excluding hydrogens is 225 g/mol. The van der Waals surface area contributed by atoms with Crippen LogP contribution in [0.2, 0.25) is 0 Å². The Bertz CT molecular complexity index is 63.9. The minimum absolute atomic E-state index is 0. The van der Waals surface area contributed by atoms with Crippen LogP contribution in [0.5, 0.6) is 0 Å². The Morgan fingerprint density at radius 1 is 0.889 bits per heavy atom. The average Bonchev–Trinajstić information content (AvgIpc) is 1.92. The topological polar surface area (TPSA) is 4.44 Å². The first-order valence-electron chi connectivity index (χ1n) is 3.79. The minimum atomic E-state index is 0. The predicted octanol–water partition coefficient (Wildman–Crippen LogP) is -3.31. The van der Waals surface area contributed by atoms with Crippen LogP contribution < -0.4 is 28.9 Å². The van der Waals surface area contributed by atoms with E-state index in [1.807, 2.05) is 4.90 Å². The molecular formula is C7H14IN. The van der Waals surface area contributed by atoms with Crippen LogP contribution in [0.4, 0.5) is 0 Å². The summed E-state index contributed by atoms with van der Waals surface area (Å²) in [5.41, 5.74) is 0.